The summed E-state index contributed by atoms with van der Waals surface area (Å²) >= 11 is 3.51. The van der Waals surface area contributed by atoms with Gasteiger partial charge < -0.3 is 5.11 Å². The van der Waals surface area contributed by atoms with Gasteiger partial charge in [-0.1, -0.05) is 41.4 Å². The van der Waals surface area contributed by atoms with Gasteiger partial charge >= 0.3 is 5.97 Å². The SMILES string of the molecule is CCCC(CC(=O)O)c1ccc(C)cc1Br. The Morgan fingerprint density at radius 3 is 2.69 bits per heavy atom. The zero-order chi connectivity index (χ0) is 12.1. The first-order valence-corrected chi connectivity index (χ1v) is 6.31. The molecular formula is C13H17BrO2. The molecule has 1 rings (SSSR count). The number of aliphatic carboxylic acids is 1. The Kier molecular flexibility index (Phi) is 5.00. The van der Waals surface area contributed by atoms with Crippen LogP contribution in [0.4, 0.5) is 0 Å². The second-order valence-corrected chi connectivity index (χ2v) is 4.96. The second-order valence-electron chi connectivity index (χ2n) is 4.11. The van der Waals surface area contributed by atoms with Crippen molar-refractivity contribution in [1.82, 2.24) is 0 Å². The molecule has 0 aliphatic heterocycles. The molecule has 1 aromatic rings. The molecule has 3 heteroatoms. The molecule has 88 valence electrons. The van der Waals surface area contributed by atoms with Crippen LogP contribution in [0.25, 0.3) is 0 Å². The van der Waals surface area contributed by atoms with Crippen LogP contribution in [0.3, 0.4) is 0 Å². The van der Waals surface area contributed by atoms with Gasteiger partial charge in [0.15, 0.2) is 0 Å². The molecule has 0 radical (unpaired) electrons. The maximum Gasteiger partial charge on any atom is 0.303 e. The van der Waals surface area contributed by atoms with E-state index in [0.717, 1.165) is 22.9 Å². The smallest absolute Gasteiger partial charge is 0.303 e. The molecule has 0 bridgehead atoms. The molecule has 2 nitrogen and oxygen atoms in total. The van der Waals surface area contributed by atoms with Gasteiger partial charge in [-0.25, -0.2) is 0 Å². The summed E-state index contributed by atoms with van der Waals surface area (Å²) in [6, 6.07) is 6.10. The van der Waals surface area contributed by atoms with Crippen LogP contribution in [-0.4, -0.2) is 11.1 Å². The maximum atomic E-state index is 10.8. The molecule has 1 aromatic carbocycles. The topological polar surface area (TPSA) is 37.3 Å². The minimum absolute atomic E-state index is 0.109. The van der Waals surface area contributed by atoms with Gasteiger partial charge in [0.25, 0.3) is 0 Å². The number of hydrogen-bond donors (Lipinski definition) is 1. The predicted octanol–water partition coefficient (Wildman–Crippen LogP) is 4.12. The lowest BCUT2D eigenvalue weighted by Gasteiger charge is -2.16. The molecule has 0 heterocycles. The van der Waals surface area contributed by atoms with Crippen molar-refractivity contribution >= 4 is 21.9 Å². The molecule has 0 fully saturated rings. The lowest BCUT2D eigenvalue weighted by atomic mass is 9.91. The van der Waals surface area contributed by atoms with Gasteiger partial charge in [-0.15, -0.1) is 0 Å². The fourth-order valence-corrected chi connectivity index (χ4v) is 2.71. The molecule has 1 N–H and O–H groups in total. The first-order chi connectivity index (χ1) is 7.54. The Bertz CT molecular complexity index is 374. The van der Waals surface area contributed by atoms with E-state index in [0.29, 0.717) is 0 Å². The summed E-state index contributed by atoms with van der Waals surface area (Å²) < 4.78 is 1.02. The Hall–Kier alpha value is -0.830. The van der Waals surface area contributed by atoms with E-state index in [1.54, 1.807) is 0 Å². The molecule has 0 aromatic heterocycles. The Labute approximate surface area is 105 Å². The number of carboxylic acids is 1. The lowest BCUT2D eigenvalue weighted by Crippen LogP contribution is -2.07. The molecule has 1 unspecified atom stereocenters. The van der Waals surface area contributed by atoms with Gasteiger partial charge in [-0.2, -0.15) is 0 Å². The van der Waals surface area contributed by atoms with Crippen molar-refractivity contribution in [2.45, 2.75) is 39.0 Å². The quantitative estimate of drug-likeness (QED) is 0.883. The van der Waals surface area contributed by atoms with Crippen molar-refractivity contribution in [1.29, 1.82) is 0 Å². The van der Waals surface area contributed by atoms with Gasteiger partial charge in [-0.3, -0.25) is 4.79 Å². The number of carboxylic acid groups (broad SMARTS) is 1. The number of rotatable bonds is 5. The molecule has 0 saturated carbocycles. The molecule has 1 atom stereocenters. The van der Waals surface area contributed by atoms with Gasteiger partial charge in [0.2, 0.25) is 0 Å². The van der Waals surface area contributed by atoms with E-state index in [4.69, 9.17) is 5.11 Å². The van der Waals surface area contributed by atoms with E-state index in [1.165, 1.54) is 5.56 Å². The Morgan fingerprint density at radius 1 is 1.50 bits per heavy atom. The van der Waals surface area contributed by atoms with Crippen LogP contribution >= 0.6 is 15.9 Å². The number of halogens is 1. The first-order valence-electron chi connectivity index (χ1n) is 5.52. The van der Waals surface area contributed by atoms with E-state index in [2.05, 4.69) is 22.9 Å². The summed E-state index contributed by atoms with van der Waals surface area (Å²) in [6.07, 6.45) is 2.11. The minimum Gasteiger partial charge on any atom is -0.481 e. The first kappa shape index (κ1) is 13.2. The molecule has 0 spiro atoms. The summed E-state index contributed by atoms with van der Waals surface area (Å²) in [7, 11) is 0. The van der Waals surface area contributed by atoms with Crippen LogP contribution < -0.4 is 0 Å². The minimum atomic E-state index is -0.731. The fraction of sp³-hybridized carbons (Fsp3) is 0.462. The van der Waals surface area contributed by atoms with Crippen molar-refractivity contribution in [3.05, 3.63) is 33.8 Å². The molecule has 0 saturated heterocycles. The highest BCUT2D eigenvalue weighted by atomic mass is 79.9. The fourth-order valence-electron chi connectivity index (χ4n) is 1.89. The van der Waals surface area contributed by atoms with Crippen molar-refractivity contribution < 1.29 is 9.90 Å². The number of aryl methyl sites for hydroxylation is 1. The average Bonchev–Trinajstić information content (AvgIpc) is 2.16. The van der Waals surface area contributed by atoms with Crippen LogP contribution in [0, 0.1) is 6.92 Å². The predicted molar refractivity (Wildman–Crippen MR) is 68.8 cm³/mol. The van der Waals surface area contributed by atoms with Gasteiger partial charge in [0.05, 0.1) is 6.42 Å². The number of hydrogen-bond acceptors (Lipinski definition) is 1. The van der Waals surface area contributed by atoms with E-state index in [1.807, 2.05) is 25.1 Å². The third kappa shape index (κ3) is 3.63. The lowest BCUT2D eigenvalue weighted by molar-refractivity contribution is -0.137. The van der Waals surface area contributed by atoms with Crippen LogP contribution in [0.1, 0.15) is 43.2 Å². The number of benzene rings is 1. The van der Waals surface area contributed by atoms with Gasteiger partial charge in [-0.05, 0) is 36.5 Å². The molecular weight excluding hydrogens is 268 g/mol. The van der Waals surface area contributed by atoms with Crippen LogP contribution in [0.2, 0.25) is 0 Å². The summed E-state index contributed by atoms with van der Waals surface area (Å²) in [5.74, 6) is -0.622. The van der Waals surface area contributed by atoms with Gasteiger partial charge in [0.1, 0.15) is 0 Å². The normalized spacial score (nSPS) is 12.4. The highest BCUT2D eigenvalue weighted by molar-refractivity contribution is 9.10. The highest BCUT2D eigenvalue weighted by Gasteiger charge is 2.17. The summed E-state index contributed by atoms with van der Waals surface area (Å²) in [6.45, 7) is 4.11. The van der Waals surface area contributed by atoms with E-state index >= 15 is 0 Å². The summed E-state index contributed by atoms with van der Waals surface area (Å²) in [5, 5.41) is 8.90. The van der Waals surface area contributed by atoms with Crippen LogP contribution in [0.5, 0.6) is 0 Å². The Balaban J connectivity index is 2.95. The maximum absolute atomic E-state index is 10.8. The van der Waals surface area contributed by atoms with E-state index in [-0.39, 0.29) is 12.3 Å². The largest absolute Gasteiger partial charge is 0.481 e. The monoisotopic (exact) mass is 284 g/mol. The molecule has 0 aliphatic rings. The molecule has 16 heavy (non-hydrogen) atoms. The van der Waals surface area contributed by atoms with Crippen molar-refractivity contribution in [3.63, 3.8) is 0 Å². The zero-order valence-corrected chi connectivity index (χ0v) is 11.3. The van der Waals surface area contributed by atoms with Crippen molar-refractivity contribution in [2.75, 3.05) is 0 Å². The average molecular weight is 285 g/mol. The Morgan fingerprint density at radius 2 is 2.19 bits per heavy atom. The number of carbonyl (C=O) groups is 1. The van der Waals surface area contributed by atoms with Crippen molar-refractivity contribution in [3.8, 4) is 0 Å². The van der Waals surface area contributed by atoms with Crippen LogP contribution in [0.15, 0.2) is 22.7 Å². The van der Waals surface area contributed by atoms with E-state index < -0.39 is 5.97 Å². The van der Waals surface area contributed by atoms with Crippen LogP contribution in [-0.2, 0) is 4.79 Å². The molecule has 0 aliphatic carbocycles. The summed E-state index contributed by atoms with van der Waals surface area (Å²) in [4.78, 5) is 10.8. The molecule has 0 amide bonds. The van der Waals surface area contributed by atoms with Gasteiger partial charge in [0, 0.05) is 4.47 Å². The van der Waals surface area contributed by atoms with Crippen molar-refractivity contribution in [2.24, 2.45) is 0 Å². The standard InChI is InChI=1S/C13H17BrO2/c1-3-4-10(8-13(15)16)11-6-5-9(2)7-12(11)14/h5-7,10H,3-4,8H2,1-2H3,(H,15,16). The summed E-state index contributed by atoms with van der Waals surface area (Å²) in [5.41, 5.74) is 2.29. The highest BCUT2D eigenvalue weighted by Crippen LogP contribution is 2.31. The second kappa shape index (κ2) is 6.04. The van der Waals surface area contributed by atoms with E-state index in [9.17, 15) is 4.79 Å². The third-order valence-corrected chi connectivity index (χ3v) is 3.34. The third-order valence-electron chi connectivity index (χ3n) is 2.65. The zero-order valence-electron chi connectivity index (χ0n) is 9.66.